The van der Waals surface area contributed by atoms with Crippen molar-refractivity contribution >= 4 is 16.9 Å². The molecule has 3 N–H and O–H groups in total. The fourth-order valence-electron chi connectivity index (χ4n) is 2.01. The number of aromatic nitrogens is 2. The molecule has 1 amide bonds. The van der Waals surface area contributed by atoms with Crippen molar-refractivity contribution < 1.29 is 9.90 Å². The Morgan fingerprint density at radius 1 is 1.47 bits per heavy atom. The zero-order chi connectivity index (χ0) is 13.8. The first-order valence-corrected chi connectivity index (χ1v) is 6.42. The van der Waals surface area contributed by atoms with Gasteiger partial charge in [-0.15, -0.1) is 0 Å². The maximum Gasteiger partial charge on any atom is 0.225 e. The second-order valence-electron chi connectivity index (χ2n) is 5.00. The number of amides is 1. The van der Waals surface area contributed by atoms with E-state index >= 15 is 0 Å². The number of aliphatic hydroxyl groups excluding tert-OH is 1. The van der Waals surface area contributed by atoms with Gasteiger partial charge in [0.15, 0.2) is 0 Å². The summed E-state index contributed by atoms with van der Waals surface area (Å²) in [5, 5.41) is 12.1. The summed E-state index contributed by atoms with van der Waals surface area (Å²) in [7, 11) is 0. The number of carbonyl (C=O) groups excluding carboxylic acids is 1. The van der Waals surface area contributed by atoms with Gasteiger partial charge < -0.3 is 15.4 Å². The molecule has 1 aromatic carbocycles. The van der Waals surface area contributed by atoms with Gasteiger partial charge in [-0.25, -0.2) is 4.98 Å². The van der Waals surface area contributed by atoms with Gasteiger partial charge in [0.05, 0.1) is 29.9 Å². The fourth-order valence-corrected chi connectivity index (χ4v) is 2.01. The van der Waals surface area contributed by atoms with Crippen LogP contribution in [-0.4, -0.2) is 27.6 Å². The highest BCUT2D eigenvalue weighted by atomic mass is 16.3. The number of hydrogen-bond donors (Lipinski definition) is 3. The molecular formula is C14H19N3O2. The highest BCUT2D eigenvalue weighted by Gasteiger charge is 2.20. The van der Waals surface area contributed by atoms with Crippen molar-refractivity contribution in [3.8, 4) is 0 Å². The monoisotopic (exact) mass is 261 g/mol. The van der Waals surface area contributed by atoms with E-state index < -0.39 is 0 Å². The van der Waals surface area contributed by atoms with Crippen LogP contribution in [0, 0.1) is 11.8 Å². The van der Waals surface area contributed by atoms with E-state index in [0.29, 0.717) is 6.54 Å². The zero-order valence-corrected chi connectivity index (χ0v) is 11.2. The van der Waals surface area contributed by atoms with Crippen LogP contribution < -0.4 is 5.32 Å². The molecule has 2 rings (SSSR count). The quantitative estimate of drug-likeness (QED) is 0.762. The predicted molar refractivity (Wildman–Crippen MR) is 73.4 cm³/mol. The molecule has 2 aromatic rings. The van der Waals surface area contributed by atoms with Gasteiger partial charge in [0.25, 0.3) is 0 Å². The third-order valence-corrected chi connectivity index (χ3v) is 3.29. The van der Waals surface area contributed by atoms with Crippen LogP contribution in [0.5, 0.6) is 0 Å². The molecule has 0 fully saturated rings. The van der Waals surface area contributed by atoms with Crippen molar-refractivity contribution in [3.63, 3.8) is 0 Å². The second kappa shape index (κ2) is 5.84. The fraction of sp³-hybridized carbons (Fsp3) is 0.429. The van der Waals surface area contributed by atoms with E-state index in [1.54, 1.807) is 6.33 Å². The van der Waals surface area contributed by atoms with Crippen LogP contribution in [0.4, 0.5) is 0 Å². The Morgan fingerprint density at radius 2 is 2.26 bits per heavy atom. The van der Waals surface area contributed by atoms with E-state index in [1.807, 2.05) is 32.0 Å². The maximum absolute atomic E-state index is 11.9. The van der Waals surface area contributed by atoms with Crippen LogP contribution in [0.3, 0.4) is 0 Å². The SMILES string of the molecule is CC(C)C(CO)C(=O)NCc1ccc2nc[nH]c2c1. The smallest absolute Gasteiger partial charge is 0.225 e. The summed E-state index contributed by atoms with van der Waals surface area (Å²) in [5.74, 6) is -0.335. The van der Waals surface area contributed by atoms with Crippen LogP contribution in [0.15, 0.2) is 24.5 Å². The Kier molecular flexibility index (Phi) is 4.16. The van der Waals surface area contributed by atoms with Crippen LogP contribution in [-0.2, 0) is 11.3 Å². The molecule has 1 aromatic heterocycles. The van der Waals surface area contributed by atoms with Crippen LogP contribution in [0.2, 0.25) is 0 Å². The molecule has 0 saturated heterocycles. The van der Waals surface area contributed by atoms with Gasteiger partial charge >= 0.3 is 0 Å². The lowest BCUT2D eigenvalue weighted by atomic mass is 9.96. The summed E-state index contributed by atoms with van der Waals surface area (Å²) in [6.07, 6.45) is 1.65. The highest BCUT2D eigenvalue weighted by Crippen LogP contribution is 2.13. The molecule has 0 spiro atoms. The van der Waals surface area contributed by atoms with Crippen molar-refractivity contribution in [2.24, 2.45) is 11.8 Å². The molecule has 0 bridgehead atoms. The van der Waals surface area contributed by atoms with E-state index in [0.717, 1.165) is 16.6 Å². The number of nitrogens with zero attached hydrogens (tertiary/aromatic N) is 1. The van der Waals surface area contributed by atoms with Crippen LogP contribution in [0.1, 0.15) is 19.4 Å². The average molecular weight is 261 g/mol. The molecule has 0 aliphatic rings. The Hall–Kier alpha value is -1.88. The van der Waals surface area contributed by atoms with E-state index in [-0.39, 0.29) is 24.3 Å². The Balaban J connectivity index is 1.99. The standard InChI is InChI=1S/C14H19N3O2/c1-9(2)11(7-18)14(19)15-6-10-3-4-12-13(5-10)17-8-16-12/h3-5,8-9,11,18H,6-7H2,1-2H3,(H,15,19)(H,16,17). The van der Waals surface area contributed by atoms with Crippen molar-refractivity contribution in [1.29, 1.82) is 0 Å². The zero-order valence-electron chi connectivity index (χ0n) is 11.2. The topological polar surface area (TPSA) is 78.0 Å². The predicted octanol–water partition coefficient (Wildman–Crippen LogP) is 1.44. The first kappa shape index (κ1) is 13.5. The number of nitrogens with one attached hydrogen (secondary N) is 2. The van der Waals surface area contributed by atoms with Crippen molar-refractivity contribution in [2.45, 2.75) is 20.4 Å². The number of aromatic amines is 1. The molecule has 0 saturated carbocycles. The second-order valence-corrected chi connectivity index (χ2v) is 5.00. The van der Waals surface area contributed by atoms with E-state index in [4.69, 9.17) is 0 Å². The van der Waals surface area contributed by atoms with E-state index in [1.165, 1.54) is 0 Å². The molecular weight excluding hydrogens is 242 g/mol. The summed E-state index contributed by atoms with van der Waals surface area (Å²) in [4.78, 5) is 19.1. The Labute approximate surface area is 112 Å². The summed E-state index contributed by atoms with van der Waals surface area (Å²) >= 11 is 0. The lowest BCUT2D eigenvalue weighted by molar-refractivity contribution is -0.127. The minimum atomic E-state index is -0.351. The lowest BCUT2D eigenvalue weighted by Crippen LogP contribution is -2.35. The first-order chi connectivity index (χ1) is 9.11. The minimum Gasteiger partial charge on any atom is -0.396 e. The maximum atomic E-state index is 11.9. The first-order valence-electron chi connectivity index (χ1n) is 6.42. The van der Waals surface area contributed by atoms with Crippen molar-refractivity contribution in [1.82, 2.24) is 15.3 Å². The molecule has 0 aliphatic carbocycles. The third-order valence-electron chi connectivity index (χ3n) is 3.29. The number of hydrogen-bond acceptors (Lipinski definition) is 3. The Bertz CT molecular complexity index is 563. The van der Waals surface area contributed by atoms with Crippen molar-refractivity contribution in [2.75, 3.05) is 6.61 Å². The van der Waals surface area contributed by atoms with Gasteiger partial charge in [-0.05, 0) is 23.6 Å². The lowest BCUT2D eigenvalue weighted by Gasteiger charge is -2.17. The summed E-state index contributed by atoms with van der Waals surface area (Å²) in [6, 6.07) is 5.82. The highest BCUT2D eigenvalue weighted by molar-refractivity contribution is 5.79. The summed E-state index contributed by atoms with van der Waals surface area (Å²) in [5.41, 5.74) is 2.87. The van der Waals surface area contributed by atoms with Crippen molar-refractivity contribution in [3.05, 3.63) is 30.1 Å². The van der Waals surface area contributed by atoms with Gasteiger partial charge in [0.1, 0.15) is 0 Å². The summed E-state index contributed by atoms with van der Waals surface area (Å²) in [6.45, 7) is 4.19. The molecule has 102 valence electrons. The number of fused-ring (bicyclic) bond motifs is 1. The molecule has 0 radical (unpaired) electrons. The van der Waals surface area contributed by atoms with E-state index in [2.05, 4.69) is 15.3 Å². The Morgan fingerprint density at radius 3 is 2.95 bits per heavy atom. The summed E-state index contributed by atoms with van der Waals surface area (Å²) < 4.78 is 0. The molecule has 5 nitrogen and oxygen atoms in total. The number of imidazole rings is 1. The normalized spacial score (nSPS) is 12.8. The molecule has 5 heteroatoms. The van der Waals surface area contributed by atoms with Gasteiger partial charge in [-0.2, -0.15) is 0 Å². The van der Waals surface area contributed by atoms with Gasteiger partial charge in [0, 0.05) is 6.54 Å². The van der Waals surface area contributed by atoms with Gasteiger partial charge in [0.2, 0.25) is 5.91 Å². The number of carbonyl (C=O) groups is 1. The molecule has 19 heavy (non-hydrogen) atoms. The average Bonchev–Trinajstić information content (AvgIpc) is 2.84. The van der Waals surface area contributed by atoms with Gasteiger partial charge in [-0.1, -0.05) is 19.9 Å². The molecule has 0 aliphatic heterocycles. The molecule has 1 unspecified atom stereocenters. The minimum absolute atomic E-state index is 0.109. The largest absolute Gasteiger partial charge is 0.396 e. The third kappa shape index (κ3) is 3.12. The molecule has 1 atom stereocenters. The van der Waals surface area contributed by atoms with E-state index in [9.17, 15) is 9.90 Å². The number of H-pyrrole nitrogens is 1. The number of rotatable bonds is 5. The number of aliphatic hydroxyl groups is 1. The van der Waals surface area contributed by atoms with Gasteiger partial charge in [-0.3, -0.25) is 4.79 Å². The van der Waals surface area contributed by atoms with Crippen LogP contribution in [0.25, 0.3) is 11.0 Å². The molecule has 1 heterocycles. The number of benzene rings is 1. The van der Waals surface area contributed by atoms with Crippen LogP contribution >= 0.6 is 0 Å².